The number of rotatable bonds is 7. The Morgan fingerprint density at radius 2 is 1.56 bits per heavy atom. The average Bonchev–Trinajstić information content (AvgIpc) is 3.13. The van der Waals surface area contributed by atoms with Gasteiger partial charge in [0.05, 0.1) is 11.4 Å². The van der Waals surface area contributed by atoms with Crippen LogP contribution in [-0.2, 0) is 16.4 Å². The predicted molar refractivity (Wildman–Crippen MR) is 137 cm³/mol. The van der Waals surface area contributed by atoms with Gasteiger partial charge in [0.2, 0.25) is 0 Å². The lowest BCUT2D eigenvalue weighted by atomic mass is 10.0. The Labute approximate surface area is 210 Å². The van der Waals surface area contributed by atoms with E-state index in [4.69, 9.17) is 5.10 Å². The van der Waals surface area contributed by atoms with Crippen LogP contribution in [0.15, 0.2) is 65.8 Å². The minimum atomic E-state index is -4.16. The van der Waals surface area contributed by atoms with E-state index in [1.54, 1.807) is 19.9 Å². The smallest absolute Gasteiger partial charge is 0.328 e. The van der Waals surface area contributed by atoms with Gasteiger partial charge in [-0.15, -0.1) is 0 Å². The maximum absolute atomic E-state index is 12.4. The van der Waals surface area contributed by atoms with E-state index in [0.29, 0.717) is 17.8 Å². The zero-order chi connectivity index (χ0) is 25.9. The van der Waals surface area contributed by atoms with Gasteiger partial charge in [0.15, 0.2) is 0 Å². The van der Waals surface area contributed by atoms with Crippen LogP contribution in [-0.4, -0.2) is 40.7 Å². The molecular formula is C26H28N6O3S. The summed E-state index contributed by atoms with van der Waals surface area (Å²) in [5.41, 5.74) is 7.20. The number of carbonyl (C=O) groups excluding carboxylic acids is 1. The van der Waals surface area contributed by atoms with Crippen molar-refractivity contribution in [2.45, 2.75) is 39.3 Å². The molecule has 0 fully saturated rings. The fourth-order valence-corrected chi connectivity index (χ4v) is 4.99. The number of sulfonamides is 1. The largest absolute Gasteiger partial charge is 0.337 e. The SMILES string of the molecule is Cc1cc(C)nc(S(=O)(=O)NC(=O)NCCc2ccc(-n3nc(C)c(-c4ccccc4)c3C)cc2)n1. The Morgan fingerprint density at radius 3 is 2.19 bits per heavy atom. The standard InChI is InChI=1S/C26H28N6O3S/c1-17-16-18(2)29-26(28-17)36(34,35)31-25(33)27-15-14-21-10-12-23(13-11-21)32-20(4)24(19(3)30-32)22-8-6-5-7-9-22/h5-13,16H,14-15H2,1-4H3,(H2,27,31,33). The number of amides is 2. The molecule has 2 aromatic carbocycles. The zero-order valence-corrected chi connectivity index (χ0v) is 21.4. The van der Waals surface area contributed by atoms with Gasteiger partial charge in [-0.2, -0.15) is 13.5 Å². The molecular weight excluding hydrogens is 476 g/mol. The number of benzene rings is 2. The van der Waals surface area contributed by atoms with Crippen LogP contribution in [0.5, 0.6) is 0 Å². The van der Waals surface area contributed by atoms with E-state index in [0.717, 1.165) is 33.8 Å². The third-order valence-electron chi connectivity index (χ3n) is 5.66. The van der Waals surface area contributed by atoms with Gasteiger partial charge < -0.3 is 5.32 Å². The Balaban J connectivity index is 1.36. The quantitative estimate of drug-likeness (QED) is 0.370. The predicted octanol–water partition coefficient (Wildman–Crippen LogP) is 3.79. The lowest BCUT2D eigenvalue weighted by molar-refractivity contribution is 0.246. The van der Waals surface area contributed by atoms with Crippen LogP contribution in [0.25, 0.3) is 16.8 Å². The Morgan fingerprint density at radius 1 is 0.917 bits per heavy atom. The molecule has 2 amide bonds. The highest BCUT2D eigenvalue weighted by molar-refractivity contribution is 7.89. The van der Waals surface area contributed by atoms with Crippen LogP contribution in [0, 0.1) is 27.7 Å². The molecule has 36 heavy (non-hydrogen) atoms. The summed E-state index contributed by atoms with van der Waals surface area (Å²) in [6, 6.07) is 18.9. The maximum atomic E-state index is 12.4. The van der Waals surface area contributed by atoms with Crippen molar-refractivity contribution in [2.24, 2.45) is 0 Å². The van der Waals surface area contributed by atoms with Gasteiger partial charge in [0, 0.05) is 29.2 Å². The highest BCUT2D eigenvalue weighted by atomic mass is 32.2. The third kappa shape index (κ3) is 5.60. The van der Waals surface area contributed by atoms with E-state index in [1.807, 2.05) is 58.8 Å². The summed E-state index contributed by atoms with van der Waals surface area (Å²) in [6.07, 6.45) is 0.528. The molecule has 0 bridgehead atoms. The minimum absolute atomic E-state index is 0.256. The van der Waals surface area contributed by atoms with Crippen molar-refractivity contribution in [2.75, 3.05) is 6.54 Å². The summed E-state index contributed by atoms with van der Waals surface area (Å²) in [5.74, 6) is 0. The molecule has 0 aliphatic rings. The average molecular weight is 505 g/mol. The van der Waals surface area contributed by atoms with Gasteiger partial charge in [0.25, 0.3) is 5.16 Å². The topological polar surface area (TPSA) is 119 Å². The monoisotopic (exact) mass is 504 g/mol. The zero-order valence-electron chi connectivity index (χ0n) is 20.6. The molecule has 0 unspecified atom stereocenters. The number of urea groups is 1. The van der Waals surface area contributed by atoms with Crippen LogP contribution < -0.4 is 10.0 Å². The summed E-state index contributed by atoms with van der Waals surface area (Å²) in [6.45, 7) is 7.64. The van der Waals surface area contributed by atoms with Crippen molar-refractivity contribution in [1.29, 1.82) is 0 Å². The Kier molecular flexibility index (Phi) is 7.16. The molecule has 4 aromatic rings. The summed E-state index contributed by atoms with van der Waals surface area (Å²) in [5, 5.41) is 6.87. The maximum Gasteiger partial charge on any atom is 0.328 e. The second-order valence-corrected chi connectivity index (χ2v) is 10.1. The highest BCUT2D eigenvalue weighted by Gasteiger charge is 2.21. The van der Waals surface area contributed by atoms with Gasteiger partial charge >= 0.3 is 16.1 Å². The summed E-state index contributed by atoms with van der Waals surface area (Å²) in [4.78, 5) is 20.0. The molecule has 0 saturated heterocycles. The van der Waals surface area contributed by atoms with Gasteiger partial charge in [-0.3, -0.25) is 0 Å². The van der Waals surface area contributed by atoms with Crippen LogP contribution >= 0.6 is 0 Å². The number of nitrogens with one attached hydrogen (secondary N) is 2. The highest BCUT2D eigenvalue weighted by Crippen LogP contribution is 2.28. The Hall–Kier alpha value is -4.05. The molecule has 4 rings (SSSR count). The van der Waals surface area contributed by atoms with Crippen LogP contribution in [0.4, 0.5) is 4.79 Å². The van der Waals surface area contributed by atoms with Gasteiger partial charge in [-0.05, 0) is 63.4 Å². The minimum Gasteiger partial charge on any atom is -0.337 e. The fraction of sp³-hybridized carbons (Fsp3) is 0.231. The summed E-state index contributed by atoms with van der Waals surface area (Å²) < 4.78 is 28.7. The molecule has 0 atom stereocenters. The second-order valence-electron chi connectivity index (χ2n) is 8.53. The van der Waals surface area contributed by atoms with Gasteiger partial charge in [-0.25, -0.2) is 24.2 Å². The van der Waals surface area contributed by atoms with Gasteiger partial charge in [-0.1, -0.05) is 42.5 Å². The number of aromatic nitrogens is 4. The molecule has 2 aromatic heterocycles. The van der Waals surface area contributed by atoms with E-state index in [1.165, 1.54) is 0 Å². The molecule has 0 saturated carbocycles. The molecule has 186 valence electrons. The molecule has 2 N–H and O–H groups in total. The van der Waals surface area contributed by atoms with Gasteiger partial charge in [0.1, 0.15) is 0 Å². The lowest BCUT2D eigenvalue weighted by Crippen LogP contribution is -2.40. The van der Waals surface area contributed by atoms with Crippen molar-refractivity contribution < 1.29 is 13.2 Å². The first-order valence-electron chi connectivity index (χ1n) is 11.5. The molecule has 10 heteroatoms. The summed E-state index contributed by atoms with van der Waals surface area (Å²) in [7, 11) is -4.16. The van der Waals surface area contributed by atoms with Crippen molar-refractivity contribution >= 4 is 16.1 Å². The van der Waals surface area contributed by atoms with Crippen molar-refractivity contribution in [3.63, 3.8) is 0 Å². The van der Waals surface area contributed by atoms with Crippen LogP contribution in [0.2, 0.25) is 0 Å². The number of hydrogen-bond acceptors (Lipinski definition) is 6. The number of hydrogen-bond donors (Lipinski definition) is 2. The third-order valence-corrected chi connectivity index (χ3v) is 6.78. The lowest BCUT2D eigenvalue weighted by Gasteiger charge is -2.10. The molecule has 9 nitrogen and oxygen atoms in total. The number of aryl methyl sites for hydroxylation is 3. The van der Waals surface area contributed by atoms with E-state index < -0.39 is 21.2 Å². The van der Waals surface area contributed by atoms with Crippen molar-refractivity contribution in [3.8, 4) is 16.8 Å². The molecule has 0 radical (unpaired) electrons. The van der Waals surface area contributed by atoms with Crippen molar-refractivity contribution in [3.05, 3.63) is 89.0 Å². The molecule has 0 aliphatic carbocycles. The van der Waals surface area contributed by atoms with Crippen LogP contribution in [0.1, 0.15) is 28.3 Å². The number of nitrogens with zero attached hydrogens (tertiary/aromatic N) is 4. The van der Waals surface area contributed by atoms with Crippen LogP contribution in [0.3, 0.4) is 0 Å². The van der Waals surface area contributed by atoms with E-state index >= 15 is 0 Å². The number of carbonyl (C=O) groups is 1. The fourth-order valence-electron chi connectivity index (χ4n) is 4.06. The first kappa shape index (κ1) is 25.1. The first-order valence-corrected chi connectivity index (χ1v) is 13.0. The normalized spacial score (nSPS) is 11.3. The molecule has 2 heterocycles. The second kappa shape index (κ2) is 10.3. The molecule has 0 aliphatic heterocycles. The summed E-state index contributed by atoms with van der Waals surface area (Å²) >= 11 is 0. The van der Waals surface area contributed by atoms with E-state index in [2.05, 4.69) is 34.3 Å². The Bertz CT molecular complexity index is 1480. The first-order chi connectivity index (χ1) is 17.1. The van der Waals surface area contributed by atoms with E-state index in [-0.39, 0.29) is 6.54 Å². The molecule has 0 spiro atoms. The van der Waals surface area contributed by atoms with E-state index in [9.17, 15) is 13.2 Å². The van der Waals surface area contributed by atoms with Crippen molar-refractivity contribution in [1.82, 2.24) is 29.8 Å².